The molecule has 88 valence electrons. The molecule has 0 aliphatic heterocycles. The van der Waals surface area contributed by atoms with Crippen molar-refractivity contribution in [2.24, 2.45) is 5.73 Å². The van der Waals surface area contributed by atoms with E-state index in [1.165, 1.54) is 11.1 Å². The lowest BCUT2D eigenvalue weighted by atomic mass is 9.88. The van der Waals surface area contributed by atoms with Gasteiger partial charge in [-0.2, -0.15) is 0 Å². The van der Waals surface area contributed by atoms with Gasteiger partial charge in [0.15, 0.2) is 0 Å². The van der Waals surface area contributed by atoms with E-state index in [1.54, 1.807) is 11.3 Å². The summed E-state index contributed by atoms with van der Waals surface area (Å²) in [6, 6.07) is 8.66. The van der Waals surface area contributed by atoms with Crippen molar-refractivity contribution in [2.45, 2.75) is 28.5 Å². The predicted octanol–water partition coefficient (Wildman–Crippen LogP) is 3.25. The fourth-order valence-corrected chi connectivity index (χ4v) is 4.32. The third-order valence-electron chi connectivity index (χ3n) is 3.17. The van der Waals surface area contributed by atoms with Gasteiger partial charge < -0.3 is 5.73 Å². The highest BCUT2D eigenvalue weighted by atomic mass is 32.2. The number of fused-ring (bicyclic) bond motifs is 1. The quantitative estimate of drug-likeness (QED) is 0.903. The summed E-state index contributed by atoms with van der Waals surface area (Å²) in [4.78, 5) is 4.33. The first-order valence-electron chi connectivity index (χ1n) is 5.74. The first-order chi connectivity index (χ1) is 8.34. The normalized spacial score (nSPS) is 23.4. The number of thiazole rings is 1. The summed E-state index contributed by atoms with van der Waals surface area (Å²) in [5, 5.41) is 2.47. The van der Waals surface area contributed by atoms with Crippen molar-refractivity contribution in [2.75, 3.05) is 0 Å². The van der Waals surface area contributed by atoms with Gasteiger partial charge in [-0.25, -0.2) is 4.98 Å². The highest BCUT2D eigenvalue weighted by molar-refractivity contribution is 8.01. The van der Waals surface area contributed by atoms with Crippen molar-refractivity contribution in [3.8, 4) is 0 Å². The molecule has 3 rings (SSSR count). The van der Waals surface area contributed by atoms with Gasteiger partial charge in [-0.05, 0) is 24.0 Å². The molecule has 1 aliphatic carbocycles. The number of hydrogen-bond acceptors (Lipinski definition) is 4. The molecule has 0 amide bonds. The van der Waals surface area contributed by atoms with Gasteiger partial charge in [0.25, 0.3) is 0 Å². The van der Waals surface area contributed by atoms with Crippen molar-refractivity contribution in [1.82, 2.24) is 4.98 Å². The minimum absolute atomic E-state index is 0.133. The Bertz CT molecular complexity index is 496. The fourth-order valence-electron chi connectivity index (χ4n) is 2.29. The Morgan fingerprint density at radius 2 is 2.24 bits per heavy atom. The Morgan fingerprint density at radius 3 is 3.06 bits per heavy atom. The number of aryl methyl sites for hydroxylation is 1. The van der Waals surface area contributed by atoms with Crippen molar-refractivity contribution in [3.63, 3.8) is 0 Å². The molecule has 2 nitrogen and oxygen atoms in total. The molecule has 4 heteroatoms. The van der Waals surface area contributed by atoms with E-state index in [4.69, 9.17) is 5.73 Å². The van der Waals surface area contributed by atoms with E-state index in [0.29, 0.717) is 5.25 Å². The zero-order valence-corrected chi connectivity index (χ0v) is 11.0. The number of hydrogen-bond donors (Lipinski definition) is 1. The highest BCUT2D eigenvalue weighted by Crippen LogP contribution is 2.39. The number of benzene rings is 1. The predicted molar refractivity (Wildman–Crippen MR) is 73.5 cm³/mol. The van der Waals surface area contributed by atoms with Crippen LogP contribution < -0.4 is 5.73 Å². The van der Waals surface area contributed by atoms with Crippen molar-refractivity contribution < 1.29 is 0 Å². The molecule has 1 aliphatic rings. The van der Waals surface area contributed by atoms with Crippen LogP contribution in [-0.4, -0.2) is 10.2 Å². The number of nitrogens with zero attached hydrogens (tertiary/aromatic N) is 1. The van der Waals surface area contributed by atoms with E-state index in [-0.39, 0.29) is 6.04 Å². The lowest BCUT2D eigenvalue weighted by Gasteiger charge is -2.29. The van der Waals surface area contributed by atoms with Crippen LogP contribution in [0.15, 0.2) is 40.2 Å². The van der Waals surface area contributed by atoms with Crippen LogP contribution >= 0.6 is 23.1 Å². The second kappa shape index (κ2) is 4.80. The molecule has 1 heterocycles. The minimum Gasteiger partial charge on any atom is -0.323 e. The molecule has 1 aromatic heterocycles. The van der Waals surface area contributed by atoms with Crippen LogP contribution in [0.1, 0.15) is 23.6 Å². The molecule has 0 fully saturated rings. The van der Waals surface area contributed by atoms with Gasteiger partial charge in [0.05, 0.1) is 0 Å². The molecule has 2 atom stereocenters. The second-order valence-corrected chi connectivity index (χ2v) is 6.60. The number of aromatic nitrogens is 1. The van der Waals surface area contributed by atoms with E-state index >= 15 is 0 Å². The van der Waals surface area contributed by atoms with Gasteiger partial charge in [0.2, 0.25) is 0 Å². The lowest BCUT2D eigenvalue weighted by Crippen LogP contribution is -2.29. The van der Waals surface area contributed by atoms with Crippen LogP contribution in [-0.2, 0) is 6.42 Å². The largest absolute Gasteiger partial charge is 0.323 e. The molecule has 2 aromatic rings. The molecule has 0 saturated carbocycles. The maximum Gasteiger partial charge on any atom is 0.150 e. The Kier molecular flexibility index (Phi) is 3.18. The molecule has 0 radical (unpaired) electrons. The molecule has 2 unspecified atom stereocenters. The van der Waals surface area contributed by atoms with E-state index in [0.717, 1.165) is 17.2 Å². The van der Waals surface area contributed by atoms with Gasteiger partial charge >= 0.3 is 0 Å². The van der Waals surface area contributed by atoms with E-state index in [9.17, 15) is 0 Å². The van der Waals surface area contributed by atoms with E-state index in [1.807, 2.05) is 23.3 Å². The number of nitrogens with two attached hydrogens (primary N) is 1. The Labute approximate surface area is 109 Å². The standard InChI is InChI=1S/C13H14N2S2/c14-12-10-4-2-1-3-9(10)5-6-11(12)17-13-15-7-8-16-13/h1-4,7-8,11-12H,5-6,14H2. The average Bonchev–Trinajstić information content (AvgIpc) is 2.86. The molecular weight excluding hydrogens is 248 g/mol. The van der Waals surface area contributed by atoms with Crippen LogP contribution in [0, 0.1) is 0 Å². The Morgan fingerprint density at radius 1 is 1.35 bits per heavy atom. The van der Waals surface area contributed by atoms with Crippen LogP contribution in [0.3, 0.4) is 0 Å². The third-order valence-corrected chi connectivity index (χ3v) is 5.46. The van der Waals surface area contributed by atoms with Crippen LogP contribution in [0.2, 0.25) is 0 Å². The fraction of sp³-hybridized carbons (Fsp3) is 0.308. The Hall–Kier alpha value is -0.840. The van der Waals surface area contributed by atoms with Gasteiger partial charge in [-0.15, -0.1) is 11.3 Å². The SMILES string of the molecule is NC1c2ccccc2CCC1Sc1nccs1. The van der Waals surface area contributed by atoms with Gasteiger partial charge in [-0.1, -0.05) is 36.0 Å². The van der Waals surface area contributed by atoms with Crippen molar-refractivity contribution in [3.05, 3.63) is 47.0 Å². The smallest absolute Gasteiger partial charge is 0.150 e. The summed E-state index contributed by atoms with van der Waals surface area (Å²) >= 11 is 3.52. The summed E-state index contributed by atoms with van der Waals surface area (Å²) < 4.78 is 1.13. The number of thioether (sulfide) groups is 1. The summed E-state index contributed by atoms with van der Waals surface area (Å²) in [5.41, 5.74) is 9.09. The molecule has 2 N–H and O–H groups in total. The summed E-state index contributed by atoms with van der Waals surface area (Å²) in [6.45, 7) is 0. The second-order valence-electron chi connectivity index (χ2n) is 4.22. The van der Waals surface area contributed by atoms with Crippen molar-refractivity contribution >= 4 is 23.1 Å². The number of rotatable bonds is 2. The monoisotopic (exact) mass is 262 g/mol. The van der Waals surface area contributed by atoms with Crippen LogP contribution in [0.25, 0.3) is 0 Å². The topological polar surface area (TPSA) is 38.9 Å². The maximum absolute atomic E-state index is 6.36. The van der Waals surface area contributed by atoms with Crippen molar-refractivity contribution in [1.29, 1.82) is 0 Å². The molecule has 0 spiro atoms. The van der Waals surface area contributed by atoms with Crippen LogP contribution in [0.5, 0.6) is 0 Å². The lowest BCUT2D eigenvalue weighted by molar-refractivity contribution is 0.586. The Balaban J connectivity index is 1.82. The zero-order valence-electron chi connectivity index (χ0n) is 9.37. The summed E-state index contributed by atoms with van der Waals surface area (Å²) in [7, 11) is 0. The third kappa shape index (κ3) is 2.25. The van der Waals surface area contributed by atoms with Crippen LogP contribution in [0.4, 0.5) is 0 Å². The van der Waals surface area contributed by atoms with E-state index < -0.39 is 0 Å². The van der Waals surface area contributed by atoms with Gasteiger partial charge in [0.1, 0.15) is 4.34 Å². The molecule has 17 heavy (non-hydrogen) atoms. The van der Waals surface area contributed by atoms with Gasteiger partial charge in [-0.3, -0.25) is 0 Å². The zero-order chi connectivity index (χ0) is 11.7. The molecular formula is C13H14N2S2. The minimum atomic E-state index is 0.133. The summed E-state index contributed by atoms with van der Waals surface area (Å²) in [5.74, 6) is 0. The first kappa shape index (κ1) is 11.3. The average molecular weight is 262 g/mol. The molecule has 1 aromatic carbocycles. The first-order valence-corrected chi connectivity index (χ1v) is 7.50. The van der Waals surface area contributed by atoms with Gasteiger partial charge in [0, 0.05) is 22.9 Å². The van der Waals surface area contributed by atoms with E-state index in [2.05, 4.69) is 29.2 Å². The summed E-state index contributed by atoms with van der Waals surface area (Å²) in [6.07, 6.45) is 4.13. The maximum atomic E-state index is 6.36. The molecule has 0 bridgehead atoms. The molecule has 0 saturated heterocycles. The highest BCUT2D eigenvalue weighted by Gasteiger charge is 2.27.